The maximum Gasteiger partial charge on any atom is 0.119 e. The summed E-state index contributed by atoms with van der Waals surface area (Å²) in [6.45, 7) is 6.40. The fourth-order valence-corrected chi connectivity index (χ4v) is 2.86. The van der Waals surface area contributed by atoms with E-state index in [1.807, 2.05) is 6.07 Å². The number of hydrogen-bond acceptors (Lipinski definition) is 2. The number of unbranched alkanes of at least 4 members (excludes halogenated alkanes) is 3. The molecular weight excluding hydrogens is 226 g/mol. The summed E-state index contributed by atoms with van der Waals surface area (Å²) in [5, 5.41) is 1.11. The van der Waals surface area contributed by atoms with Crippen LogP contribution in [0, 0.1) is 0 Å². The Balaban J connectivity index is 1.99. The number of thiazole rings is 1. The zero-order valence-electron chi connectivity index (χ0n) is 10.4. The lowest BCUT2D eigenvalue weighted by molar-refractivity contribution is 0.679. The van der Waals surface area contributed by atoms with Gasteiger partial charge in [0.15, 0.2) is 0 Å². The van der Waals surface area contributed by atoms with Gasteiger partial charge in [-0.1, -0.05) is 44.9 Å². The van der Waals surface area contributed by atoms with Crippen molar-refractivity contribution >= 4 is 27.1 Å². The van der Waals surface area contributed by atoms with Gasteiger partial charge in [-0.15, -0.1) is 11.3 Å². The van der Waals surface area contributed by atoms with Gasteiger partial charge in [-0.05, 0) is 30.5 Å². The Labute approximate surface area is 107 Å². The van der Waals surface area contributed by atoms with Crippen molar-refractivity contribution in [2.45, 2.75) is 39.0 Å². The molecule has 0 spiro atoms. The minimum absolute atomic E-state index is 1.08. The van der Waals surface area contributed by atoms with E-state index in [-0.39, 0.29) is 0 Å². The zero-order valence-corrected chi connectivity index (χ0v) is 11.2. The van der Waals surface area contributed by atoms with Crippen LogP contribution < -0.4 is 0 Å². The lowest BCUT2D eigenvalue weighted by atomic mass is 10.1. The van der Waals surface area contributed by atoms with Crippen LogP contribution in [-0.4, -0.2) is 4.98 Å². The van der Waals surface area contributed by atoms with Crippen LogP contribution in [0.15, 0.2) is 30.8 Å². The van der Waals surface area contributed by atoms with Crippen LogP contribution in [0.5, 0.6) is 0 Å². The molecule has 0 aliphatic heterocycles. The monoisotopic (exact) mass is 245 g/mol. The summed E-state index contributed by atoms with van der Waals surface area (Å²) in [7, 11) is 0. The summed E-state index contributed by atoms with van der Waals surface area (Å²) < 4.78 is 1.26. The lowest BCUT2D eigenvalue weighted by Crippen LogP contribution is -1.83. The van der Waals surface area contributed by atoms with Gasteiger partial charge in [0.2, 0.25) is 0 Å². The second-order valence-corrected chi connectivity index (χ2v) is 5.43. The third-order valence-corrected chi connectivity index (χ3v) is 4.07. The fourth-order valence-electron chi connectivity index (χ4n) is 1.90. The molecule has 0 unspecified atom stereocenters. The minimum Gasteiger partial charge on any atom is -0.236 e. The average Bonchev–Trinajstić information content (AvgIpc) is 2.78. The van der Waals surface area contributed by atoms with Gasteiger partial charge in [-0.3, -0.25) is 0 Å². The van der Waals surface area contributed by atoms with Crippen LogP contribution in [0.25, 0.3) is 15.8 Å². The highest BCUT2D eigenvalue weighted by Crippen LogP contribution is 2.28. The standard InChI is InChI=1S/C15H19NS/c1-3-4-5-6-9-12(2)15-16-13-10-7-8-11-14(13)17-15/h7-8,10-11H,2-6,9H2,1H3. The van der Waals surface area contributed by atoms with Crippen molar-refractivity contribution < 1.29 is 0 Å². The Kier molecular flexibility index (Phi) is 4.32. The Hall–Kier alpha value is -1.15. The highest BCUT2D eigenvalue weighted by molar-refractivity contribution is 7.19. The molecule has 17 heavy (non-hydrogen) atoms. The molecule has 0 amide bonds. The Morgan fingerprint density at radius 3 is 2.82 bits per heavy atom. The van der Waals surface area contributed by atoms with Gasteiger partial charge in [-0.2, -0.15) is 0 Å². The molecule has 1 aromatic heterocycles. The molecule has 0 aliphatic rings. The van der Waals surface area contributed by atoms with Crippen LogP contribution in [-0.2, 0) is 0 Å². The molecule has 1 heterocycles. The first-order valence-electron chi connectivity index (χ1n) is 6.35. The fraction of sp³-hybridized carbons (Fsp3) is 0.400. The number of para-hydroxylation sites is 1. The summed E-state index contributed by atoms with van der Waals surface area (Å²) in [6, 6.07) is 8.30. The highest BCUT2D eigenvalue weighted by Gasteiger charge is 2.06. The third kappa shape index (κ3) is 3.16. The second-order valence-electron chi connectivity index (χ2n) is 4.40. The molecule has 2 aromatic rings. The Bertz CT molecular complexity index is 465. The number of benzene rings is 1. The molecule has 0 N–H and O–H groups in total. The van der Waals surface area contributed by atoms with Crippen molar-refractivity contribution in [3.05, 3.63) is 35.9 Å². The van der Waals surface area contributed by atoms with E-state index in [1.165, 1.54) is 36.0 Å². The van der Waals surface area contributed by atoms with Gasteiger partial charge < -0.3 is 0 Å². The van der Waals surface area contributed by atoms with Crippen molar-refractivity contribution in [1.82, 2.24) is 4.98 Å². The first-order valence-corrected chi connectivity index (χ1v) is 7.16. The molecule has 90 valence electrons. The molecule has 0 bridgehead atoms. The van der Waals surface area contributed by atoms with E-state index in [4.69, 9.17) is 0 Å². The summed E-state index contributed by atoms with van der Waals surface area (Å²) in [4.78, 5) is 4.63. The van der Waals surface area contributed by atoms with E-state index < -0.39 is 0 Å². The van der Waals surface area contributed by atoms with E-state index >= 15 is 0 Å². The van der Waals surface area contributed by atoms with Crippen LogP contribution in [0.1, 0.15) is 44.0 Å². The van der Waals surface area contributed by atoms with Crippen LogP contribution >= 0.6 is 11.3 Å². The average molecular weight is 245 g/mol. The van der Waals surface area contributed by atoms with E-state index in [1.54, 1.807) is 11.3 Å². The number of allylic oxidation sites excluding steroid dienone is 1. The van der Waals surface area contributed by atoms with Gasteiger partial charge >= 0.3 is 0 Å². The van der Waals surface area contributed by atoms with E-state index in [0.717, 1.165) is 16.9 Å². The van der Waals surface area contributed by atoms with Gasteiger partial charge in [0.25, 0.3) is 0 Å². The molecule has 0 fully saturated rings. The molecule has 1 aromatic carbocycles. The van der Waals surface area contributed by atoms with E-state index in [2.05, 4.69) is 36.7 Å². The van der Waals surface area contributed by atoms with Crippen molar-refractivity contribution in [3.8, 4) is 0 Å². The van der Waals surface area contributed by atoms with Gasteiger partial charge in [0, 0.05) is 0 Å². The summed E-state index contributed by atoms with van der Waals surface area (Å²) in [5.74, 6) is 0. The highest BCUT2D eigenvalue weighted by atomic mass is 32.1. The minimum atomic E-state index is 1.08. The molecule has 0 aliphatic carbocycles. The SMILES string of the molecule is C=C(CCCCCC)c1nc2ccccc2s1. The predicted molar refractivity (Wildman–Crippen MR) is 77.4 cm³/mol. The Morgan fingerprint density at radius 1 is 1.24 bits per heavy atom. The van der Waals surface area contributed by atoms with E-state index in [0.29, 0.717) is 0 Å². The normalized spacial score (nSPS) is 10.9. The smallest absolute Gasteiger partial charge is 0.119 e. The molecule has 0 atom stereocenters. The quantitative estimate of drug-likeness (QED) is 0.631. The predicted octanol–water partition coefficient (Wildman–Crippen LogP) is 5.28. The molecule has 2 heteroatoms. The van der Waals surface area contributed by atoms with Crippen LogP contribution in [0.3, 0.4) is 0 Å². The maximum atomic E-state index is 4.63. The zero-order chi connectivity index (χ0) is 12.1. The van der Waals surface area contributed by atoms with Crippen LogP contribution in [0.4, 0.5) is 0 Å². The largest absolute Gasteiger partial charge is 0.236 e. The number of rotatable bonds is 6. The summed E-state index contributed by atoms with van der Waals surface area (Å²) >= 11 is 1.76. The molecule has 0 saturated carbocycles. The van der Waals surface area contributed by atoms with Gasteiger partial charge in [0.05, 0.1) is 10.2 Å². The third-order valence-electron chi connectivity index (χ3n) is 2.93. The van der Waals surface area contributed by atoms with E-state index in [9.17, 15) is 0 Å². The molecular formula is C15H19NS. The van der Waals surface area contributed by atoms with Gasteiger partial charge in [-0.25, -0.2) is 4.98 Å². The number of nitrogens with zero attached hydrogens (tertiary/aromatic N) is 1. The number of fused-ring (bicyclic) bond motifs is 1. The van der Waals surface area contributed by atoms with Crippen molar-refractivity contribution in [3.63, 3.8) is 0 Å². The molecule has 1 nitrogen and oxygen atoms in total. The molecule has 0 saturated heterocycles. The summed E-state index contributed by atoms with van der Waals surface area (Å²) in [5.41, 5.74) is 2.30. The van der Waals surface area contributed by atoms with Crippen LogP contribution in [0.2, 0.25) is 0 Å². The maximum absolute atomic E-state index is 4.63. The van der Waals surface area contributed by atoms with Gasteiger partial charge in [0.1, 0.15) is 5.01 Å². The first-order chi connectivity index (χ1) is 8.31. The lowest BCUT2D eigenvalue weighted by Gasteiger charge is -2.00. The number of hydrogen-bond donors (Lipinski definition) is 0. The molecule has 0 radical (unpaired) electrons. The van der Waals surface area contributed by atoms with Crippen molar-refractivity contribution in [1.29, 1.82) is 0 Å². The molecule has 2 rings (SSSR count). The Morgan fingerprint density at radius 2 is 2.06 bits per heavy atom. The van der Waals surface area contributed by atoms with Crippen molar-refractivity contribution in [2.75, 3.05) is 0 Å². The second kappa shape index (κ2) is 5.97. The first kappa shape index (κ1) is 12.3. The number of aromatic nitrogens is 1. The summed E-state index contributed by atoms with van der Waals surface area (Å²) in [6.07, 6.45) is 6.24. The topological polar surface area (TPSA) is 12.9 Å². The van der Waals surface area contributed by atoms with Crippen molar-refractivity contribution in [2.24, 2.45) is 0 Å².